The number of nitriles is 1. The van der Waals surface area contributed by atoms with Crippen molar-refractivity contribution in [2.45, 2.75) is 13.5 Å². The van der Waals surface area contributed by atoms with Gasteiger partial charge >= 0.3 is 5.97 Å². The molecule has 0 saturated heterocycles. The Morgan fingerprint density at radius 1 is 1.26 bits per heavy atom. The Kier molecular flexibility index (Phi) is 5.70. The largest absolute Gasteiger partial charge is 0.458 e. The second-order valence-electron chi connectivity index (χ2n) is 5.79. The minimum atomic E-state index is -0.500. The number of rotatable bonds is 5. The van der Waals surface area contributed by atoms with Crippen LogP contribution in [0.4, 0.5) is 0 Å². The summed E-state index contributed by atoms with van der Waals surface area (Å²) in [4.78, 5) is 12.0. The molecule has 0 fully saturated rings. The number of aromatic nitrogens is 2. The van der Waals surface area contributed by atoms with Gasteiger partial charge in [-0.15, -0.1) is 0 Å². The number of carbonyl (C=O) groups excluding carboxylic acids is 1. The first-order valence-corrected chi connectivity index (χ1v) is 8.60. The minimum absolute atomic E-state index is 0.0919. The van der Waals surface area contributed by atoms with Crippen molar-refractivity contribution in [2.24, 2.45) is 0 Å². The van der Waals surface area contributed by atoms with E-state index < -0.39 is 5.97 Å². The van der Waals surface area contributed by atoms with Gasteiger partial charge in [0.2, 0.25) is 0 Å². The summed E-state index contributed by atoms with van der Waals surface area (Å²) in [5, 5.41) is 13.7. The maximum atomic E-state index is 12.0. The standard InChI is InChI=1S/C21H16ClN3O2/c1-15-19(21(22)25(24-15)18-8-3-2-4-9-18)10-11-20(26)27-14-17-7-5-6-16(12-17)13-23/h2-12H,14H2,1H3/b11-10+. The number of halogens is 1. The van der Waals surface area contributed by atoms with E-state index in [1.807, 2.05) is 37.3 Å². The van der Waals surface area contributed by atoms with Gasteiger partial charge in [0.1, 0.15) is 11.8 Å². The first-order chi connectivity index (χ1) is 13.1. The van der Waals surface area contributed by atoms with Crippen LogP contribution in [0.25, 0.3) is 11.8 Å². The Morgan fingerprint density at radius 2 is 2.04 bits per heavy atom. The summed E-state index contributed by atoms with van der Waals surface area (Å²) < 4.78 is 6.84. The maximum absolute atomic E-state index is 12.0. The predicted molar refractivity (Wildman–Crippen MR) is 103 cm³/mol. The molecular weight excluding hydrogens is 362 g/mol. The number of para-hydroxylation sites is 1. The molecule has 0 spiro atoms. The summed E-state index contributed by atoms with van der Waals surface area (Å²) >= 11 is 6.42. The SMILES string of the molecule is Cc1nn(-c2ccccc2)c(Cl)c1/C=C/C(=O)OCc1cccc(C#N)c1. The second kappa shape index (κ2) is 8.35. The summed E-state index contributed by atoms with van der Waals surface area (Å²) in [6.45, 7) is 1.92. The molecule has 27 heavy (non-hydrogen) atoms. The van der Waals surface area contributed by atoms with Crippen LogP contribution in [0.5, 0.6) is 0 Å². The van der Waals surface area contributed by atoms with Crippen LogP contribution in [0.2, 0.25) is 5.15 Å². The Labute approximate surface area is 162 Å². The maximum Gasteiger partial charge on any atom is 0.331 e. The third kappa shape index (κ3) is 4.43. The fourth-order valence-corrected chi connectivity index (χ4v) is 2.86. The van der Waals surface area contributed by atoms with Gasteiger partial charge in [-0.3, -0.25) is 0 Å². The average molecular weight is 378 g/mol. The van der Waals surface area contributed by atoms with Crippen molar-refractivity contribution >= 4 is 23.6 Å². The van der Waals surface area contributed by atoms with E-state index in [0.717, 1.165) is 11.3 Å². The highest BCUT2D eigenvalue weighted by Gasteiger charge is 2.12. The molecule has 1 heterocycles. The third-order valence-electron chi connectivity index (χ3n) is 3.87. The molecule has 5 nitrogen and oxygen atoms in total. The average Bonchev–Trinajstić information content (AvgIpc) is 2.99. The molecule has 0 aliphatic heterocycles. The molecule has 0 atom stereocenters. The van der Waals surface area contributed by atoms with E-state index in [4.69, 9.17) is 21.6 Å². The number of esters is 1. The summed E-state index contributed by atoms with van der Waals surface area (Å²) in [5.74, 6) is -0.500. The number of ether oxygens (including phenoxy) is 1. The van der Waals surface area contributed by atoms with Gasteiger partial charge < -0.3 is 4.74 Å². The lowest BCUT2D eigenvalue weighted by atomic mass is 10.1. The molecule has 3 rings (SSSR count). The van der Waals surface area contributed by atoms with Gasteiger partial charge in [-0.05, 0) is 42.8 Å². The van der Waals surface area contributed by atoms with Crippen molar-refractivity contribution in [3.8, 4) is 11.8 Å². The van der Waals surface area contributed by atoms with Gasteiger partial charge in [0.15, 0.2) is 0 Å². The Bertz CT molecular complexity index is 1030. The van der Waals surface area contributed by atoms with Crippen LogP contribution in [-0.2, 0) is 16.1 Å². The molecule has 0 aliphatic carbocycles. The molecular formula is C21H16ClN3O2. The van der Waals surface area contributed by atoms with Crippen LogP contribution >= 0.6 is 11.6 Å². The van der Waals surface area contributed by atoms with E-state index in [1.54, 1.807) is 35.0 Å². The zero-order chi connectivity index (χ0) is 19.2. The smallest absolute Gasteiger partial charge is 0.331 e. The van der Waals surface area contributed by atoms with Crippen LogP contribution in [0.3, 0.4) is 0 Å². The fraction of sp³-hybridized carbons (Fsp3) is 0.0952. The highest BCUT2D eigenvalue weighted by molar-refractivity contribution is 6.31. The molecule has 0 saturated carbocycles. The molecule has 3 aromatic rings. The van der Waals surface area contributed by atoms with Crippen LogP contribution < -0.4 is 0 Å². The van der Waals surface area contributed by atoms with Crippen molar-refractivity contribution in [3.05, 3.63) is 88.2 Å². The summed E-state index contributed by atoms with van der Waals surface area (Å²) in [6, 6.07) is 18.5. The quantitative estimate of drug-likeness (QED) is 0.486. The van der Waals surface area contributed by atoms with Crippen molar-refractivity contribution in [3.63, 3.8) is 0 Å². The third-order valence-corrected chi connectivity index (χ3v) is 4.24. The number of carbonyl (C=O) groups is 1. The van der Waals surface area contributed by atoms with Crippen molar-refractivity contribution < 1.29 is 9.53 Å². The molecule has 0 bridgehead atoms. The Balaban J connectivity index is 1.69. The first kappa shape index (κ1) is 18.4. The summed E-state index contributed by atoms with van der Waals surface area (Å²) in [7, 11) is 0. The Hall–Kier alpha value is -3.36. The monoisotopic (exact) mass is 377 g/mol. The molecule has 0 radical (unpaired) electrons. The van der Waals surface area contributed by atoms with Crippen LogP contribution in [0, 0.1) is 18.3 Å². The van der Waals surface area contributed by atoms with Crippen molar-refractivity contribution in [1.29, 1.82) is 5.26 Å². The first-order valence-electron chi connectivity index (χ1n) is 8.23. The number of aryl methyl sites for hydroxylation is 1. The van der Waals surface area contributed by atoms with Gasteiger partial charge in [-0.25, -0.2) is 9.48 Å². The lowest BCUT2D eigenvalue weighted by Crippen LogP contribution is -2.01. The highest BCUT2D eigenvalue weighted by Crippen LogP contribution is 2.24. The zero-order valence-electron chi connectivity index (χ0n) is 14.6. The van der Waals surface area contributed by atoms with Crippen molar-refractivity contribution in [2.75, 3.05) is 0 Å². The normalized spacial score (nSPS) is 10.7. The highest BCUT2D eigenvalue weighted by atomic mass is 35.5. The molecule has 1 aromatic heterocycles. The van der Waals surface area contributed by atoms with E-state index in [9.17, 15) is 4.79 Å². The molecule has 6 heteroatoms. The van der Waals surface area contributed by atoms with E-state index >= 15 is 0 Å². The zero-order valence-corrected chi connectivity index (χ0v) is 15.3. The molecule has 0 N–H and O–H groups in total. The topological polar surface area (TPSA) is 67.9 Å². The van der Waals surface area contributed by atoms with E-state index in [-0.39, 0.29) is 6.61 Å². The second-order valence-corrected chi connectivity index (χ2v) is 6.15. The predicted octanol–water partition coefficient (Wildman–Crippen LogP) is 4.46. The van der Waals surface area contributed by atoms with E-state index in [0.29, 0.717) is 22.0 Å². The molecule has 0 amide bonds. The number of hydrogen-bond acceptors (Lipinski definition) is 4. The van der Waals surface area contributed by atoms with Gasteiger partial charge in [-0.2, -0.15) is 10.4 Å². The van der Waals surface area contributed by atoms with Gasteiger partial charge in [0.25, 0.3) is 0 Å². The fourth-order valence-electron chi connectivity index (χ4n) is 2.53. The molecule has 0 unspecified atom stereocenters. The van der Waals surface area contributed by atoms with Crippen LogP contribution in [-0.4, -0.2) is 15.7 Å². The molecule has 0 aliphatic rings. The number of nitrogens with zero attached hydrogens (tertiary/aromatic N) is 3. The number of hydrogen-bond donors (Lipinski definition) is 0. The van der Waals surface area contributed by atoms with Crippen LogP contribution in [0.15, 0.2) is 60.7 Å². The van der Waals surface area contributed by atoms with E-state index in [1.165, 1.54) is 6.08 Å². The lowest BCUT2D eigenvalue weighted by molar-refractivity contribution is -0.138. The van der Waals surface area contributed by atoms with Crippen LogP contribution in [0.1, 0.15) is 22.4 Å². The van der Waals surface area contributed by atoms with Gasteiger partial charge in [-0.1, -0.05) is 41.9 Å². The lowest BCUT2D eigenvalue weighted by Gasteiger charge is -2.03. The minimum Gasteiger partial charge on any atom is -0.458 e. The number of benzene rings is 2. The molecule has 2 aromatic carbocycles. The Morgan fingerprint density at radius 3 is 2.78 bits per heavy atom. The van der Waals surface area contributed by atoms with Gasteiger partial charge in [0.05, 0.1) is 23.0 Å². The molecule has 134 valence electrons. The summed E-state index contributed by atoms with van der Waals surface area (Å²) in [5.41, 5.74) is 3.47. The summed E-state index contributed by atoms with van der Waals surface area (Å²) in [6.07, 6.45) is 2.91. The van der Waals surface area contributed by atoms with E-state index in [2.05, 4.69) is 11.2 Å². The van der Waals surface area contributed by atoms with Gasteiger partial charge in [0, 0.05) is 11.6 Å². The van der Waals surface area contributed by atoms with Crippen molar-refractivity contribution in [1.82, 2.24) is 9.78 Å².